The van der Waals surface area contributed by atoms with Gasteiger partial charge in [0.25, 0.3) is 0 Å². The van der Waals surface area contributed by atoms with Crippen molar-refractivity contribution >= 4 is 25.1 Å². The first-order valence-corrected chi connectivity index (χ1v) is 18.4. The molecular formula is C36H50F6O4Si2. The third kappa shape index (κ3) is 11.5. The van der Waals surface area contributed by atoms with Crippen LogP contribution in [0.1, 0.15) is 105 Å². The Morgan fingerprint density at radius 2 is 1.27 bits per heavy atom. The molecule has 0 fully saturated rings. The second-order valence-corrected chi connectivity index (χ2v) is 20.8. The normalized spacial score (nSPS) is 14.6. The van der Waals surface area contributed by atoms with Gasteiger partial charge in [-0.25, -0.2) is 0 Å². The minimum absolute atomic E-state index is 0.0869. The zero-order chi connectivity index (χ0) is 37.0. The predicted molar refractivity (Wildman–Crippen MR) is 185 cm³/mol. The molecular weight excluding hydrogens is 667 g/mol. The Bertz CT molecular complexity index is 1470. The molecule has 0 aromatic heterocycles. The van der Waals surface area contributed by atoms with E-state index in [1.165, 1.54) is 0 Å². The molecule has 2 aromatic rings. The summed E-state index contributed by atoms with van der Waals surface area (Å²) >= 11 is 0. The molecule has 0 aliphatic heterocycles. The van der Waals surface area contributed by atoms with Gasteiger partial charge in [-0.05, 0) is 102 Å². The molecule has 0 aliphatic carbocycles. The van der Waals surface area contributed by atoms with Gasteiger partial charge in [0.05, 0.1) is 11.2 Å². The Kier molecular flexibility index (Phi) is 13.1. The van der Waals surface area contributed by atoms with Crippen molar-refractivity contribution in [2.24, 2.45) is 0 Å². The molecule has 2 rings (SSSR count). The third-order valence-electron chi connectivity index (χ3n) is 7.42. The highest BCUT2D eigenvalue weighted by atomic mass is 28.2. The van der Waals surface area contributed by atoms with Crippen LogP contribution in [0.5, 0.6) is 5.75 Å². The van der Waals surface area contributed by atoms with E-state index in [0.29, 0.717) is 16.9 Å². The monoisotopic (exact) mass is 716 g/mol. The lowest BCUT2D eigenvalue weighted by atomic mass is 9.84. The quantitative estimate of drug-likeness (QED) is 0.143. The molecule has 0 aliphatic rings. The highest BCUT2D eigenvalue weighted by Gasteiger charge is 2.70. The molecule has 0 radical (unpaired) electrons. The molecule has 0 spiro atoms. The largest absolute Gasteiger partial charge is 0.489 e. The van der Waals surface area contributed by atoms with E-state index in [4.69, 9.17) is 13.6 Å². The summed E-state index contributed by atoms with van der Waals surface area (Å²) in [5.74, 6) is 3.20. The predicted octanol–water partition coefficient (Wildman–Crippen LogP) is 9.03. The van der Waals surface area contributed by atoms with Crippen LogP contribution in [0, 0.1) is 11.8 Å². The minimum atomic E-state index is -6.02. The molecule has 0 bridgehead atoms. The zero-order valence-electron chi connectivity index (χ0n) is 29.9. The van der Waals surface area contributed by atoms with Crippen LogP contribution < -0.4 is 4.74 Å². The minimum Gasteiger partial charge on any atom is -0.489 e. The molecule has 0 unspecified atom stereocenters. The van der Waals surface area contributed by atoms with E-state index in [1.54, 1.807) is 37.1 Å². The summed E-state index contributed by atoms with van der Waals surface area (Å²) in [5.41, 5.74) is -2.48. The Hall–Kier alpha value is -2.57. The topological polar surface area (TPSA) is 47.9 Å². The van der Waals surface area contributed by atoms with E-state index in [9.17, 15) is 31.4 Å². The molecule has 1 N–H and O–H groups in total. The van der Waals surface area contributed by atoms with Crippen molar-refractivity contribution in [3.05, 3.63) is 70.8 Å². The molecule has 12 heteroatoms. The first kappa shape index (κ1) is 41.6. The van der Waals surface area contributed by atoms with Gasteiger partial charge in [-0.2, -0.15) is 26.3 Å². The Morgan fingerprint density at radius 1 is 0.750 bits per heavy atom. The summed E-state index contributed by atoms with van der Waals surface area (Å²) in [6.45, 7) is 23.3. The highest BCUT2D eigenvalue weighted by molar-refractivity contribution is 6.32. The number of rotatable bonds is 11. The number of aliphatic hydroxyl groups is 1. The van der Waals surface area contributed by atoms with Crippen molar-refractivity contribution in [1.29, 1.82) is 0 Å². The van der Waals surface area contributed by atoms with Crippen LogP contribution in [0.15, 0.2) is 48.5 Å². The van der Waals surface area contributed by atoms with Gasteiger partial charge in [-0.1, -0.05) is 78.7 Å². The first-order valence-electron chi connectivity index (χ1n) is 15.8. The van der Waals surface area contributed by atoms with Crippen molar-refractivity contribution in [3.63, 3.8) is 0 Å². The number of halogens is 6. The van der Waals surface area contributed by atoms with Crippen molar-refractivity contribution < 1.29 is 45.0 Å². The summed E-state index contributed by atoms with van der Waals surface area (Å²) in [7, 11) is -1.77. The van der Waals surface area contributed by atoms with E-state index in [2.05, 4.69) is 81.4 Å². The number of hydrogen-bond donors (Lipinski definition) is 1. The standard InChI is InChI=1S/C36H50F6O4Si2/c1-12-25(16-14-20-34(43,35(37,38)39)36(40,41)42)26-15-13-17-27(22-26)44-23-24-18-19-28(32(8,9)45-47-30(2,3)4)29(21-24)33(10,11)46-48-31(5,6)7/h13,15-19,21-22,43H,12,23,47-48H2,1-11H3. The van der Waals surface area contributed by atoms with Crippen LogP contribution >= 0.6 is 0 Å². The second-order valence-electron chi connectivity index (χ2n) is 15.4. The van der Waals surface area contributed by atoms with Gasteiger partial charge in [-0.3, -0.25) is 0 Å². The van der Waals surface area contributed by atoms with Gasteiger partial charge in [0.2, 0.25) is 0 Å². The summed E-state index contributed by atoms with van der Waals surface area (Å²) in [4.78, 5) is 0. The lowest BCUT2D eigenvalue weighted by molar-refractivity contribution is -0.343. The Balaban J connectivity index is 2.43. The molecule has 0 saturated heterocycles. The van der Waals surface area contributed by atoms with Crippen LogP contribution in [0.3, 0.4) is 0 Å². The first-order chi connectivity index (χ1) is 21.6. The van der Waals surface area contributed by atoms with E-state index in [-0.39, 0.29) is 23.1 Å². The van der Waals surface area contributed by atoms with Crippen molar-refractivity contribution in [2.45, 2.75) is 128 Å². The fourth-order valence-corrected chi connectivity index (χ4v) is 6.42. The zero-order valence-corrected chi connectivity index (χ0v) is 32.7. The Labute approximate surface area is 286 Å². The summed E-state index contributed by atoms with van der Waals surface area (Å²) < 4.78 is 97.4. The molecule has 2 aromatic carbocycles. The average Bonchev–Trinajstić information content (AvgIpc) is 2.94. The lowest BCUT2D eigenvalue weighted by Gasteiger charge is -2.38. The van der Waals surface area contributed by atoms with Gasteiger partial charge in [0.1, 0.15) is 12.4 Å². The van der Waals surface area contributed by atoms with E-state index < -0.39 is 48.7 Å². The maximum atomic E-state index is 13.0. The maximum Gasteiger partial charge on any atom is 0.438 e. The molecule has 268 valence electrons. The van der Waals surface area contributed by atoms with Crippen molar-refractivity contribution in [2.75, 3.05) is 0 Å². The molecule has 48 heavy (non-hydrogen) atoms. The number of alkyl halides is 6. The average molecular weight is 717 g/mol. The van der Waals surface area contributed by atoms with Crippen LogP contribution in [0.4, 0.5) is 26.3 Å². The third-order valence-corrected chi connectivity index (χ3v) is 10.9. The SMILES string of the molecule is CCC(=CC#CC(O)(C(F)(F)F)C(F)(F)F)c1cccc(OCc2ccc(C(C)(C)O[SiH2]C(C)(C)C)c(C(C)(C)O[SiH2]C(C)(C)C)c2)c1. The fraction of sp³-hybridized carbons (Fsp3) is 0.556. The summed E-state index contributed by atoms with van der Waals surface area (Å²) in [6, 6.07) is 12.8. The van der Waals surface area contributed by atoms with Gasteiger partial charge in [0, 0.05) is 0 Å². The van der Waals surface area contributed by atoms with E-state index >= 15 is 0 Å². The summed E-state index contributed by atoms with van der Waals surface area (Å²) in [6.07, 6.45) is -10.8. The van der Waals surface area contributed by atoms with Crippen LogP contribution in [-0.4, -0.2) is 42.6 Å². The highest BCUT2D eigenvalue weighted by Crippen LogP contribution is 2.43. The molecule has 0 heterocycles. The Morgan fingerprint density at radius 3 is 1.75 bits per heavy atom. The van der Waals surface area contributed by atoms with Gasteiger partial charge in [-0.15, -0.1) is 0 Å². The van der Waals surface area contributed by atoms with Crippen molar-refractivity contribution in [3.8, 4) is 17.6 Å². The van der Waals surface area contributed by atoms with E-state index in [0.717, 1.165) is 28.7 Å². The van der Waals surface area contributed by atoms with Crippen LogP contribution in [0.2, 0.25) is 10.1 Å². The molecule has 4 nitrogen and oxygen atoms in total. The van der Waals surface area contributed by atoms with Crippen LogP contribution in [-0.2, 0) is 26.7 Å². The molecule has 0 saturated carbocycles. The smallest absolute Gasteiger partial charge is 0.438 e. The second kappa shape index (κ2) is 15.1. The lowest BCUT2D eigenvalue weighted by Crippen LogP contribution is -2.55. The van der Waals surface area contributed by atoms with Crippen molar-refractivity contribution in [1.82, 2.24) is 0 Å². The number of ether oxygens (including phenoxy) is 1. The van der Waals surface area contributed by atoms with E-state index in [1.807, 2.05) is 6.07 Å². The van der Waals surface area contributed by atoms with Gasteiger partial charge >= 0.3 is 18.0 Å². The number of hydrogen-bond acceptors (Lipinski definition) is 4. The van der Waals surface area contributed by atoms with Crippen LogP contribution in [0.25, 0.3) is 5.57 Å². The summed E-state index contributed by atoms with van der Waals surface area (Å²) in [5, 5.41) is 9.53. The number of benzene rings is 2. The molecule has 0 amide bonds. The number of allylic oxidation sites excluding steroid dienone is 2. The van der Waals surface area contributed by atoms with Gasteiger partial charge in [0.15, 0.2) is 19.5 Å². The van der Waals surface area contributed by atoms with Gasteiger partial charge < -0.3 is 18.7 Å². The fourth-order valence-electron chi connectivity index (χ4n) is 4.53. The maximum absolute atomic E-state index is 13.0. The molecule has 0 atom stereocenters.